The van der Waals surface area contributed by atoms with Crippen LogP contribution < -0.4 is 5.84 Å². The van der Waals surface area contributed by atoms with Gasteiger partial charge in [-0.05, 0) is 24.8 Å². The molecule has 26 heavy (non-hydrogen) atoms. The van der Waals surface area contributed by atoms with Crippen molar-refractivity contribution in [3.63, 3.8) is 0 Å². The first-order valence-corrected chi connectivity index (χ1v) is 7.87. The topological polar surface area (TPSA) is 113 Å². The van der Waals surface area contributed by atoms with E-state index < -0.39 is 11.9 Å². The molecule has 0 atom stereocenters. The van der Waals surface area contributed by atoms with Crippen LogP contribution in [0.25, 0.3) is 17.2 Å². The van der Waals surface area contributed by atoms with Crippen molar-refractivity contribution in [3.05, 3.63) is 36.2 Å². The zero-order valence-corrected chi connectivity index (χ0v) is 13.8. The van der Waals surface area contributed by atoms with Crippen molar-refractivity contribution in [1.29, 1.82) is 0 Å². The number of rotatable bonds is 3. The molecular formula is C13H9F3N8OS. The van der Waals surface area contributed by atoms with Gasteiger partial charge >= 0.3 is 6.18 Å². The van der Waals surface area contributed by atoms with Gasteiger partial charge in [-0.15, -0.1) is 10.2 Å². The number of aromatic nitrogens is 7. The molecule has 0 aliphatic heterocycles. The Bertz CT molecular complexity index is 1100. The molecule has 0 bridgehead atoms. The highest BCUT2D eigenvalue weighted by atomic mass is 32.2. The van der Waals surface area contributed by atoms with Gasteiger partial charge in [0.2, 0.25) is 5.16 Å². The Morgan fingerprint density at radius 3 is 2.77 bits per heavy atom. The SMILES string of the molecule is Cc1occc1-c1nnc(Sc2cc(C(F)(F)F)nc3ncnn23)n1N. The molecule has 4 heterocycles. The third kappa shape index (κ3) is 2.65. The third-order valence-corrected chi connectivity index (χ3v) is 4.43. The van der Waals surface area contributed by atoms with E-state index in [2.05, 4.69) is 25.3 Å². The van der Waals surface area contributed by atoms with E-state index in [1.807, 2.05) is 0 Å². The second kappa shape index (κ2) is 5.72. The maximum Gasteiger partial charge on any atom is 0.433 e. The van der Waals surface area contributed by atoms with Crippen molar-refractivity contribution in [2.75, 3.05) is 5.84 Å². The summed E-state index contributed by atoms with van der Waals surface area (Å²) in [5, 5.41) is 12.1. The van der Waals surface area contributed by atoms with E-state index in [-0.39, 0.29) is 16.0 Å². The first kappa shape index (κ1) is 16.4. The molecule has 4 rings (SSSR count). The molecule has 134 valence electrons. The molecule has 0 aliphatic carbocycles. The van der Waals surface area contributed by atoms with Crippen molar-refractivity contribution in [1.82, 2.24) is 34.5 Å². The molecule has 0 radical (unpaired) electrons. The number of aryl methyl sites for hydroxylation is 1. The lowest BCUT2D eigenvalue weighted by Gasteiger charge is -2.09. The van der Waals surface area contributed by atoms with Gasteiger partial charge in [0.15, 0.2) is 11.5 Å². The number of furan rings is 1. The largest absolute Gasteiger partial charge is 0.469 e. The average Bonchev–Trinajstić information content (AvgIpc) is 3.28. The highest BCUT2D eigenvalue weighted by molar-refractivity contribution is 7.99. The molecule has 0 spiro atoms. The lowest BCUT2D eigenvalue weighted by Crippen LogP contribution is -2.13. The Balaban J connectivity index is 1.78. The summed E-state index contributed by atoms with van der Waals surface area (Å²) in [6.45, 7) is 1.73. The van der Waals surface area contributed by atoms with Crippen LogP contribution in [0.2, 0.25) is 0 Å². The van der Waals surface area contributed by atoms with Crippen LogP contribution in [0.15, 0.2) is 39.3 Å². The number of alkyl halides is 3. The first-order valence-electron chi connectivity index (χ1n) is 7.05. The summed E-state index contributed by atoms with van der Waals surface area (Å²) < 4.78 is 46.7. The number of nitrogen functional groups attached to an aromatic ring is 1. The summed E-state index contributed by atoms with van der Waals surface area (Å²) in [4.78, 5) is 7.17. The smallest absolute Gasteiger partial charge is 0.433 e. The van der Waals surface area contributed by atoms with Crippen LogP contribution in [-0.2, 0) is 6.18 Å². The van der Waals surface area contributed by atoms with Crippen LogP contribution >= 0.6 is 11.8 Å². The minimum atomic E-state index is -4.63. The van der Waals surface area contributed by atoms with E-state index in [4.69, 9.17) is 10.3 Å². The second-order valence-corrected chi connectivity index (χ2v) is 6.11. The molecule has 0 aromatic carbocycles. The van der Waals surface area contributed by atoms with Gasteiger partial charge in [-0.25, -0.2) is 9.66 Å². The number of fused-ring (bicyclic) bond motifs is 1. The zero-order valence-electron chi connectivity index (χ0n) is 13.0. The van der Waals surface area contributed by atoms with Crippen molar-refractivity contribution in [2.45, 2.75) is 23.3 Å². The molecular weight excluding hydrogens is 373 g/mol. The molecule has 4 aromatic heterocycles. The summed E-state index contributed by atoms with van der Waals surface area (Å²) in [6.07, 6.45) is -2.04. The van der Waals surface area contributed by atoms with Gasteiger partial charge in [0, 0.05) is 6.07 Å². The van der Waals surface area contributed by atoms with Gasteiger partial charge < -0.3 is 10.3 Å². The van der Waals surface area contributed by atoms with Crippen molar-refractivity contribution >= 4 is 17.5 Å². The Morgan fingerprint density at radius 1 is 1.27 bits per heavy atom. The maximum atomic E-state index is 13.1. The molecule has 2 N–H and O–H groups in total. The number of nitrogens with zero attached hydrogens (tertiary/aromatic N) is 7. The Morgan fingerprint density at radius 2 is 2.08 bits per heavy atom. The fourth-order valence-electron chi connectivity index (χ4n) is 2.24. The van der Waals surface area contributed by atoms with E-state index in [9.17, 15) is 13.2 Å². The standard InChI is InChI=1S/C13H9F3N8OS/c1-6-7(2-3-25-6)10-21-22-12(23(10)17)26-9-4-8(13(14,15)16)20-11-18-5-19-24(9)11/h2-5H,17H2,1H3. The van der Waals surface area contributed by atoms with Crippen LogP contribution in [-0.4, -0.2) is 34.5 Å². The molecule has 0 saturated carbocycles. The molecule has 9 nitrogen and oxygen atoms in total. The van der Waals surface area contributed by atoms with Crippen LogP contribution in [0, 0.1) is 6.92 Å². The van der Waals surface area contributed by atoms with Crippen molar-refractivity contribution in [2.24, 2.45) is 0 Å². The van der Waals surface area contributed by atoms with Crippen LogP contribution in [0.3, 0.4) is 0 Å². The second-order valence-electron chi connectivity index (χ2n) is 5.12. The predicted octanol–water partition coefficient (Wildman–Crippen LogP) is 2.17. The van der Waals surface area contributed by atoms with Gasteiger partial charge in [-0.3, -0.25) is 0 Å². The molecule has 13 heteroatoms. The highest BCUT2D eigenvalue weighted by Gasteiger charge is 2.34. The number of nitrogens with two attached hydrogens (primary N) is 1. The van der Waals surface area contributed by atoms with Gasteiger partial charge in [0.25, 0.3) is 5.78 Å². The van der Waals surface area contributed by atoms with E-state index in [0.717, 1.165) is 28.7 Å². The molecule has 0 amide bonds. The summed E-state index contributed by atoms with van der Waals surface area (Å²) in [7, 11) is 0. The van der Waals surface area contributed by atoms with Crippen molar-refractivity contribution in [3.8, 4) is 11.4 Å². The average molecular weight is 382 g/mol. The zero-order chi connectivity index (χ0) is 18.5. The van der Waals surface area contributed by atoms with Gasteiger partial charge in [-0.2, -0.15) is 27.8 Å². The quantitative estimate of drug-likeness (QED) is 0.424. The first-order chi connectivity index (χ1) is 12.3. The lowest BCUT2D eigenvalue weighted by molar-refractivity contribution is -0.141. The molecule has 0 saturated heterocycles. The minimum Gasteiger partial charge on any atom is -0.469 e. The van der Waals surface area contributed by atoms with Gasteiger partial charge in [0.05, 0.1) is 11.8 Å². The van der Waals surface area contributed by atoms with Crippen molar-refractivity contribution < 1.29 is 17.6 Å². The van der Waals surface area contributed by atoms with Gasteiger partial charge in [0.1, 0.15) is 17.1 Å². The summed E-state index contributed by atoms with van der Waals surface area (Å²) in [6, 6.07) is 2.52. The van der Waals surface area contributed by atoms with Crippen LogP contribution in [0.1, 0.15) is 11.5 Å². The van der Waals surface area contributed by atoms with E-state index >= 15 is 0 Å². The number of hydrogen-bond donors (Lipinski definition) is 1. The molecule has 0 unspecified atom stereocenters. The molecule has 0 aliphatic rings. The maximum absolute atomic E-state index is 13.1. The van der Waals surface area contributed by atoms with Crippen LogP contribution in [0.5, 0.6) is 0 Å². The Labute approximate surface area is 147 Å². The fraction of sp³-hybridized carbons (Fsp3) is 0.154. The summed E-state index contributed by atoms with van der Waals surface area (Å²) in [5.41, 5.74) is -0.460. The number of hydrogen-bond acceptors (Lipinski definition) is 8. The Kier molecular flexibility index (Phi) is 3.61. The van der Waals surface area contributed by atoms with Crippen LogP contribution in [0.4, 0.5) is 13.2 Å². The predicted molar refractivity (Wildman–Crippen MR) is 82.5 cm³/mol. The highest BCUT2D eigenvalue weighted by Crippen LogP contribution is 2.33. The van der Waals surface area contributed by atoms with Gasteiger partial charge in [-0.1, -0.05) is 0 Å². The third-order valence-electron chi connectivity index (χ3n) is 3.47. The van der Waals surface area contributed by atoms with E-state index in [1.165, 1.54) is 10.9 Å². The summed E-state index contributed by atoms with van der Waals surface area (Å²) in [5.74, 6) is 6.72. The summed E-state index contributed by atoms with van der Waals surface area (Å²) >= 11 is 0.857. The monoisotopic (exact) mass is 382 g/mol. The fourth-order valence-corrected chi connectivity index (χ4v) is 3.08. The molecule has 4 aromatic rings. The Hall–Kier alpha value is -3.09. The lowest BCUT2D eigenvalue weighted by atomic mass is 10.2. The van der Waals surface area contributed by atoms with E-state index in [1.54, 1.807) is 13.0 Å². The minimum absolute atomic E-state index is 0.0920. The van der Waals surface area contributed by atoms with E-state index in [0.29, 0.717) is 17.1 Å². The normalized spacial score (nSPS) is 12.2. The molecule has 0 fully saturated rings. The number of halogens is 3.